The molecule has 1 aliphatic heterocycles. The zero-order valence-electron chi connectivity index (χ0n) is 10.6. The number of nitrogens with one attached hydrogen (secondary N) is 1. The zero-order chi connectivity index (χ0) is 13.3. The molecule has 0 fully saturated rings. The predicted octanol–water partition coefficient (Wildman–Crippen LogP) is 2.40. The number of carbonyl (C=O) groups is 2. The third kappa shape index (κ3) is 2.53. The Labute approximate surface area is 106 Å². The fourth-order valence-corrected chi connectivity index (χ4v) is 2.41. The van der Waals surface area contributed by atoms with Gasteiger partial charge in [-0.1, -0.05) is 26.0 Å². The standard InChI is InChI=1S/C14H17NO3/c1-8(2)11(7-14(17)18)9-3-4-12-10(5-9)6-13(16)15-12/h3-5,8,11H,6-7H2,1-2H3,(H,15,16)(H,17,18). The van der Waals surface area contributed by atoms with Crippen molar-refractivity contribution in [2.24, 2.45) is 5.92 Å². The molecule has 4 heteroatoms. The van der Waals surface area contributed by atoms with Crippen LogP contribution in [0.1, 0.15) is 37.3 Å². The Morgan fingerprint density at radius 1 is 1.44 bits per heavy atom. The lowest BCUT2D eigenvalue weighted by Gasteiger charge is -2.20. The Balaban J connectivity index is 2.29. The van der Waals surface area contributed by atoms with Crippen LogP contribution in [-0.4, -0.2) is 17.0 Å². The van der Waals surface area contributed by atoms with Crippen LogP contribution in [0.5, 0.6) is 0 Å². The minimum absolute atomic E-state index is 0.00137. The second kappa shape index (κ2) is 4.80. The van der Waals surface area contributed by atoms with Gasteiger partial charge in [0.05, 0.1) is 12.8 Å². The maximum absolute atomic E-state index is 11.3. The van der Waals surface area contributed by atoms with Gasteiger partial charge in [-0.05, 0) is 29.0 Å². The van der Waals surface area contributed by atoms with E-state index in [1.54, 1.807) is 0 Å². The van der Waals surface area contributed by atoms with Crippen LogP contribution in [0.2, 0.25) is 0 Å². The lowest BCUT2D eigenvalue weighted by molar-refractivity contribution is -0.137. The predicted molar refractivity (Wildman–Crippen MR) is 68.6 cm³/mol. The van der Waals surface area contributed by atoms with Gasteiger partial charge in [-0.25, -0.2) is 0 Å². The van der Waals surface area contributed by atoms with Crippen LogP contribution in [0.15, 0.2) is 18.2 Å². The molecule has 0 aromatic heterocycles. The van der Waals surface area contributed by atoms with E-state index in [1.165, 1.54) is 0 Å². The van der Waals surface area contributed by atoms with Gasteiger partial charge in [-0.2, -0.15) is 0 Å². The van der Waals surface area contributed by atoms with Gasteiger partial charge >= 0.3 is 5.97 Å². The van der Waals surface area contributed by atoms with Gasteiger partial charge in [-0.3, -0.25) is 9.59 Å². The molecule has 0 radical (unpaired) electrons. The number of carboxylic acid groups (broad SMARTS) is 1. The molecule has 0 saturated carbocycles. The summed E-state index contributed by atoms with van der Waals surface area (Å²) in [5.74, 6) is -0.544. The molecular weight excluding hydrogens is 230 g/mol. The minimum Gasteiger partial charge on any atom is -0.481 e. The summed E-state index contributed by atoms with van der Waals surface area (Å²) >= 11 is 0. The molecule has 1 aromatic carbocycles. The largest absolute Gasteiger partial charge is 0.481 e. The van der Waals surface area contributed by atoms with E-state index in [-0.39, 0.29) is 24.2 Å². The van der Waals surface area contributed by atoms with Gasteiger partial charge in [0.15, 0.2) is 0 Å². The summed E-state index contributed by atoms with van der Waals surface area (Å²) in [6.07, 6.45) is 0.513. The third-order valence-corrected chi connectivity index (χ3v) is 3.38. The molecule has 2 N–H and O–H groups in total. The van der Waals surface area contributed by atoms with Gasteiger partial charge in [0.1, 0.15) is 0 Å². The monoisotopic (exact) mass is 247 g/mol. The van der Waals surface area contributed by atoms with Crippen molar-refractivity contribution in [2.45, 2.75) is 32.6 Å². The Morgan fingerprint density at radius 3 is 2.78 bits per heavy atom. The van der Waals surface area contributed by atoms with Crippen LogP contribution in [0.3, 0.4) is 0 Å². The number of aliphatic carboxylic acids is 1. The quantitative estimate of drug-likeness (QED) is 0.858. The van der Waals surface area contributed by atoms with Crippen LogP contribution < -0.4 is 5.32 Å². The van der Waals surface area contributed by atoms with Gasteiger partial charge < -0.3 is 10.4 Å². The molecule has 1 amide bonds. The minimum atomic E-state index is -0.789. The Hall–Kier alpha value is -1.84. The average Bonchev–Trinajstić information content (AvgIpc) is 2.64. The lowest BCUT2D eigenvalue weighted by atomic mass is 9.85. The van der Waals surface area contributed by atoms with Gasteiger partial charge in [-0.15, -0.1) is 0 Å². The van der Waals surface area contributed by atoms with Gasteiger partial charge in [0, 0.05) is 5.69 Å². The average molecular weight is 247 g/mol. The SMILES string of the molecule is CC(C)C(CC(=O)O)c1ccc2c(c1)CC(=O)N2. The molecule has 0 saturated heterocycles. The second-order valence-corrected chi connectivity index (χ2v) is 5.09. The molecule has 0 bridgehead atoms. The van der Waals surface area contributed by atoms with Crippen molar-refractivity contribution in [2.75, 3.05) is 5.32 Å². The summed E-state index contributed by atoms with van der Waals surface area (Å²) in [7, 11) is 0. The van der Waals surface area contributed by atoms with Crippen molar-refractivity contribution in [3.05, 3.63) is 29.3 Å². The Kier molecular flexibility index (Phi) is 3.36. The molecule has 1 unspecified atom stereocenters. The number of anilines is 1. The summed E-state index contributed by atoms with van der Waals surface area (Å²) in [5, 5.41) is 11.7. The summed E-state index contributed by atoms with van der Waals surface area (Å²) in [4.78, 5) is 22.2. The topological polar surface area (TPSA) is 66.4 Å². The van der Waals surface area contributed by atoms with Crippen molar-refractivity contribution in [3.63, 3.8) is 0 Å². The maximum Gasteiger partial charge on any atom is 0.303 e. The smallest absolute Gasteiger partial charge is 0.303 e. The van der Waals surface area contributed by atoms with E-state index in [1.807, 2.05) is 32.0 Å². The lowest BCUT2D eigenvalue weighted by Crippen LogP contribution is -2.12. The van der Waals surface area contributed by atoms with Gasteiger partial charge in [0.25, 0.3) is 0 Å². The van der Waals surface area contributed by atoms with E-state index in [4.69, 9.17) is 5.11 Å². The number of hydrogen-bond acceptors (Lipinski definition) is 2. The molecular formula is C14H17NO3. The molecule has 1 aliphatic rings. The molecule has 1 heterocycles. The number of amides is 1. The number of rotatable bonds is 4. The van der Waals surface area contributed by atoms with Crippen LogP contribution in [0.25, 0.3) is 0 Å². The highest BCUT2D eigenvalue weighted by Gasteiger charge is 2.23. The maximum atomic E-state index is 11.3. The molecule has 0 aliphatic carbocycles. The van der Waals surface area contributed by atoms with Crippen molar-refractivity contribution in [1.29, 1.82) is 0 Å². The van der Waals surface area contributed by atoms with E-state index in [0.717, 1.165) is 16.8 Å². The normalized spacial score (nSPS) is 15.4. The molecule has 4 nitrogen and oxygen atoms in total. The summed E-state index contributed by atoms with van der Waals surface area (Å²) in [6, 6.07) is 5.74. The zero-order valence-corrected chi connectivity index (χ0v) is 10.6. The number of fused-ring (bicyclic) bond motifs is 1. The van der Waals surface area contributed by atoms with Crippen molar-refractivity contribution in [1.82, 2.24) is 0 Å². The summed E-state index contributed by atoms with van der Waals surface area (Å²) in [6.45, 7) is 4.04. The fourth-order valence-electron chi connectivity index (χ4n) is 2.41. The first-order valence-electron chi connectivity index (χ1n) is 6.12. The first-order chi connectivity index (χ1) is 8.47. The van der Waals surface area contributed by atoms with E-state index in [9.17, 15) is 9.59 Å². The number of benzene rings is 1. The van der Waals surface area contributed by atoms with Crippen LogP contribution in [-0.2, 0) is 16.0 Å². The summed E-state index contributed by atoms with van der Waals surface area (Å²) < 4.78 is 0. The van der Waals surface area contributed by atoms with E-state index >= 15 is 0 Å². The van der Waals surface area contributed by atoms with Crippen LogP contribution in [0, 0.1) is 5.92 Å². The molecule has 1 atom stereocenters. The highest BCUT2D eigenvalue weighted by Crippen LogP contribution is 2.32. The first kappa shape index (κ1) is 12.6. The third-order valence-electron chi connectivity index (χ3n) is 3.38. The number of carboxylic acids is 1. The van der Waals surface area contributed by atoms with Crippen LogP contribution >= 0.6 is 0 Å². The number of carbonyl (C=O) groups excluding carboxylic acids is 1. The molecule has 1 aromatic rings. The van der Waals surface area contributed by atoms with E-state index in [0.29, 0.717) is 6.42 Å². The molecule has 2 rings (SSSR count). The Morgan fingerprint density at radius 2 is 2.17 bits per heavy atom. The van der Waals surface area contributed by atoms with Crippen LogP contribution in [0.4, 0.5) is 5.69 Å². The first-order valence-corrected chi connectivity index (χ1v) is 6.12. The summed E-state index contributed by atoms with van der Waals surface area (Å²) in [5.41, 5.74) is 2.82. The molecule has 0 spiro atoms. The molecule has 96 valence electrons. The number of hydrogen-bond donors (Lipinski definition) is 2. The van der Waals surface area contributed by atoms with Gasteiger partial charge in [0.2, 0.25) is 5.91 Å². The van der Waals surface area contributed by atoms with Crippen molar-refractivity contribution in [3.8, 4) is 0 Å². The highest BCUT2D eigenvalue weighted by atomic mass is 16.4. The highest BCUT2D eigenvalue weighted by molar-refractivity contribution is 5.99. The fraction of sp³-hybridized carbons (Fsp3) is 0.429. The second-order valence-electron chi connectivity index (χ2n) is 5.09. The molecule has 18 heavy (non-hydrogen) atoms. The van der Waals surface area contributed by atoms with Crippen molar-refractivity contribution < 1.29 is 14.7 Å². The Bertz CT molecular complexity index is 494. The van der Waals surface area contributed by atoms with Crippen molar-refractivity contribution >= 4 is 17.6 Å². The van der Waals surface area contributed by atoms with E-state index in [2.05, 4.69) is 5.32 Å². The van der Waals surface area contributed by atoms with E-state index < -0.39 is 5.97 Å².